The number of aryl methyl sites for hydroxylation is 1. The number of hydrogen-bond acceptors (Lipinski definition) is 3. The SMILES string of the molecule is COC1(c2ncc(C)s2)CCC1. The van der Waals surface area contributed by atoms with E-state index in [1.807, 2.05) is 6.20 Å². The number of methoxy groups -OCH3 is 1. The average molecular weight is 183 g/mol. The molecule has 0 spiro atoms. The predicted octanol–water partition coefficient (Wildman–Crippen LogP) is 2.48. The molecule has 0 atom stereocenters. The molecule has 1 saturated carbocycles. The monoisotopic (exact) mass is 183 g/mol. The minimum absolute atomic E-state index is 0.0150. The zero-order chi connectivity index (χ0) is 8.60. The van der Waals surface area contributed by atoms with Gasteiger partial charge in [-0.3, -0.25) is 0 Å². The molecule has 0 N–H and O–H groups in total. The van der Waals surface area contributed by atoms with E-state index in [2.05, 4.69) is 11.9 Å². The molecule has 0 radical (unpaired) electrons. The molecule has 1 aliphatic carbocycles. The number of aromatic nitrogens is 1. The zero-order valence-corrected chi connectivity index (χ0v) is 8.28. The van der Waals surface area contributed by atoms with Crippen molar-refractivity contribution in [1.29, 1.82) is 0 Å². The van der Waals surface area contributed by atoms with Gasteiger partial charge in [-0.1, -0.05) is 0 Å². The normalized spacial score (nSPS) is 20.5. The molecule has 1 fully saturated rings. The Kier molecular flexibility index (Phi) is 1.93. The minimum atomic E-state index is -0.0150. The van der Waals surface area contributed by atoms with E-state index in [4.69, 9.17) is 4.74 Å². The zero-order valence-electron chi connectivity index (χ0n) is 7.46. The first-order valence-electron chi connectivity index (χ1n) is 4.25. The predicted molar refractivity (Wildman–Crippen MR) is 49.4 cm³/mol. The van der Waals surface area contributed by atoms with Crippen LogP contribution >= 0.6 is 11.3 Å². The summed E-state index contributed by atoms with van der Waals surface area (Å²) in [7, 11) is 1.79. The molecule has 0 saturated heterocycles. The van der Waals surface area contributed by atoms with Crippen molar-refractivity contribution < 1.29 is 4.74 Å². The Morgan fingerprint density at radius 2 is 2.33 bits per heavy atom. The lowest BCUT2D eigenvalue weighted by molar-refractivity contribution is -0.0779. The van der Waals surface area contributed by atoms with Crippen LogP contribution in [0, 0.1) is 6.92 Å². The molecular formula is C9H13NOS. The van der Waals surface area contributed by atoms with E-state index in [9.17, 15) is 0 Å². The third-order valence-electron chi connectivity index (χ3n) is 2.56. The Morgan fingerprint density at radius 3 is 2.67 bits per heavy atom. The van der Waals surface area contributed by atoms with Gasteiger partial charge >= 0.3 is 0 Å². The number of nitrogens with zero attached hydrogens (tertiary/aromatic N) is 1. The number of hydrogen-bond donors (Lipinski definition) is 0. The van der Waals surface area contributed by atoms with Crippen LogP contribution in [0.2, 0.25) is 0 Å². The lowest BCUT2D eigenvalue weighted by Gasteiger charge is -2.38. The fourth-order valence-electron chi connectivity index (χ4n) is 1.57. The Labute approximate surface area is 76.6 Å². The van der Waals surface area contributed by atoms with E-state index < -0.39 is 0 Å². The average Bonchev–Trinajstić information content (AvgIpc) is 2.35. The molecule has 12 heavy (non-hydrogen) atoms. The lowest BCUT2D eigenvalue weighted by atomic mass is 9.80. The maximum Gasteiger partial charge on any atom is 0.125 e. The largest absolute Gasteiger partial charge is 0.371 e. The van der Waals surface area contributed by atoms with Gasteiger partial charge in [0.1, 0.15) is 10.6 Å². The van der Waals surface area contributed by atoms with Crippen molar-refractivity contribution in [2.24, 2.45) is 0 Å². The molecule has 0 aromatic carbocycles. The summed E-state index contributed by atoms with van der Waals surface area (Å²) in [6, 6.07) is 0. The van der Waals surface area contributed by atoms with Crippen LogP contribution in [0.25, 0.3) is 0 Å². The van der Waals surface area contributed by atoms with E-state index in [1.165, 1.54) is 11.3 Å². The van der Waals surface area contributed by atoms with Crippen molar-refractivity contribution in [3.63, 3.8) is 0 Å². The molecule has 1 aromatic heterocycles. The molecule has 3 heteroatoms. The fourth-order valence-corrected chi connectivity index (χ4v) is 2.56. The number of thiazole rings is 1. The van der Waals surface area contributed by atoms with Gasteiger partial charge in [-0.25, -0.2) is 4.98 Å². The molecular weight excluding hydrogens is 170 g/mol. The fraction of sp³-hybridized carbons (Fsp3) is 0.667. The van der Waals surface area contributed by atoms with Crippen LogP contribution < -0.4 is 0 Å². The summed E-state index contributed by atoms with van der Waals surface area (Å²) in [5.74, 6) is 0. The van der Waals surface area contributed by atoms with Gasteiger partial charge in [-0.15, -0.1) is 11.3 Å². The maximum atomic E-state index is 5.52. The van der Waals surface area contributed by atoms with Gasteiger partial charge in [-0.2, -0.15) is 0 Å². The molecule has 1 heterocycles. The van der Waals surface area contributed by atoms with Gasteiger partial charge in [0.05, 0.1) is 0 Å². The van der Waals surface area contributed by atoms with Crippen LogP contribution in [0.5, 0.6) is 0 Å². The quantitative estimate of drug-likeness (QED) is 0.702. The van der Waals surface area contributed by atoms with Crippen LogP contribution in [0.1, 0.15) is 29.1 Å². The Bertz CT molecular complexity index is 272. The second kappa shape index (κ2) is 2.82. The first kappa shape index (κ1) is 8.20. The number of ether oxygens (including phenoxy) is 1. The molecule has 66 valence electrons. The summed E-state index contributed by atoms with van der Waals surface area (Å²) in [5.41, 5.74) is -0.0150. The highest BCUT2D eigenvalue weighted by Crippen LogP contribution is 2.45. The van der Waals surface area contributed by atoms with Gasteiger partial charge < -0.3 is 4.74 Å². The third kappa shape index (κ3) is 1.08. The summed E-state index contributed by atoms with van der Waals surface area (Å²) < 4.78 is 5.52. The van der Waals surface area contributed by atoms with E-state index in [0.29, 0.717) is 0 Å². The summed E-state index contributed by atoms with van der Waals surface area (Å²) in [5, 5.41) is 1.16. The third-order valence-corrected chi connectivity index (χ3v) is 3.66. The van der Waals surface area contributed by atoms with Crippen molar-refractivity contribution in [2.75, 3.05) is 7.11 Å². The molecule has 0 aliphatic heterocycles. The number of rotatable bonds is 2. The Morgan fingerprint density at radius 1 is 1.58 bits per heavy atom. The minimum Gasteiger partial charge on any atom is -0.371 e. The van der Waals surface area contributed by atoms with Gasteiger partial charge in [0.15, 0.2) is 0 Å². The van der Waals surface area contributed by atoms with E-state index in [-0.39, 0.29) is 5.60 Å². The topological polar surface area (TPSA) is 22.1 Å². The molecule has 0 unspecified atom stereocenters. The summed E-state index contributed by atoms with van der Waals surface area (Å²) in [6.07, 6.45) is 5.47. The first-order valence-corrected chi connectivity index (χ1v) is 5.06. The smallest absolute Gasteiger partial charge is 0.125 e. The Hall–Kier alpha value is -0.410. The van der Waals surface area contributed by atoms with Crippen molar-refractivity contribution in [1.82, 2.24) is 4.98 Å². The standard InChI is InChI=1S/C9H13NOS/c1-7-6-10-8(12-7)9(11-2)4-3-5-9/h6H,3-5H2,1-2H3. The van der Waals surface area contributed by atoms with Crippen molar-refractivity contribution in [3.8, 4) is 0 Å². The van der Waals surface area contributed by atoms with Crippen LogP contribution in [0.15, 0.2) is 6.20 Å². The molecule has 0 amide bonds. The second-order valence-electron chi connectivity index (χ2n) is 3.33. The summed E-state index contributed by atoms with van der Waals surface area (Å²) >= 11 is 1.76. The molecule has 0 bridgehead atoms. The van der Waals surface area contributed by atoms with Crippen molar-refractivity contribution >= 4 is 11.3 Å². The van der Waals surface area contributed by atoms with Crippen molar-refractivity contribution in [2.45, 2.75) is 31.8 Å². The Balaban J connectivity index is 2.27. The molecule has 2 nitrogen and oxygen atoms in total. The highest BCUT2D eigenvalue weighted by Gasteiger charge is 2.41. The maximum absolute atomic E-state index is 5.52. The van der Waals surface area contributed by atoms with Gasteiger partial charge in [-0.05, 0) is 26.2 Å². The molecule has 1 aliphatic rings. The van der Waals surface area contributed by atoms with Crippen LogP contribution in [-0.2, 0) is 10.3 Å². The summed E-state index contributed by atoms with van der Waals surface area (Å²) in [4.78, 5) is 5.65. The highest BCUT2D eigenvalue weighted by atomic mass is 32.1. The van der Waals surface area contributed by atoms with E-state index in [1.54, 1.807) is 18.4 Å². The highest BCUT2D eigenvalue weighted by molar-refractivity contribution is 7.11. The molecule has 1 aromatic rings. The van der Waals surface area contributed by atoms with Gasteiger partial charge in [0.25, 0.3) is 0 Å². The second-order valence-corrected chi connectivity index (χ2v) is 4.56. The first-order chi connectivity index (χ1) is 5.77. The molecule has 2 rings (SSSR count). The van der Waals surface area contributed by atoms with Crippen LogP contribution in [0.3, 0.4) is 0 Å². The lowest BCUT2D eigenvalue weighted by Crippen LogP contribution is -2.35. The van der Waals surface area contributed by atoms with E-state index in [0.717, 1.165) is 17.8 Å². The van der Waals surface area contributed by atoms with Crippen molar-refractivity contribution in [3.05, 3.63) is 16.1 Å². The van der Waals surface area contributed by atoms with E-state index >= 15 is 0 Å². The van der Waals surface area contributed by atoms with Crippen LogP contribution in [-0.4, -0.2) is 12.1 Å². The summed E-state index contributed by atoms with van der Waals surface area (Å²) in [6.45, 7) is 2.09. The van der Waals surface area contributed by atoms with Gasteiger partial charge in [0, 0.05) is 18.2 Å². The van der Waals surface area contributed by atoms with Crippen LogP contribution in [0.4, 0.5) is 0 Å². The van der Waals surface area contributed by atoms with Gasteiger partial charge in [0.2, 0.25) is 0 Å².